The second-order valence-corrected chi connectivity index (χ2v) is 2.32. The highest BCUT2D eigenvalue weighted by atomic mass is 14.9. The summed E-state index contributed by atoms with van der Waals surface area (Å²) < 4.78 is 0. The molecule has 0 bridgehead atoms. The molecule has 0 spiro atoms. The minimum atomic E-state index is 0.626. The molecule has 1 N–H and O–H groups in total. The van der Waals surface area contributed by atoms with Gasteiger partial charge in [0.05, 0.1) is 0 Å². The van der Waals surface area contributed by atoms with Gasteiger partial charge in [-0.15, -0.1) is 0 Å². The first-order valence-corrected chi connectivity index (χ1v) is 3.30. The average molecular weight is 114 g/mol. The Hall–Kier alpha value is -0.0400. The van der Waals surface area contributed by atoms with Crippen LogP contribution < -0.4 is 5.32 Å². The molecule has 0 saturated heterocycles. The van der Waals surface area contributed by atoms with Crippen LogP contribution in [0.5, 0.6) is 0 Å². The molecule has 1 radical (unpaired) electrons. The highest BCUT2D eigenvalue weighted by molar-refractivity contribution is 4.52. The van der Waals surface area contributed by atoms with Gasteiger partial charge in [-0.25, -0.2) is 0 Å². The molecule has 0 aliphatic carbocycles. The Kier molecular flexibility index (Phi) is 5.08. The minimum Gasteiger partial charge on any atom is -0.315 e. The van der Waals surface area contributed by atoms with Crippen molar-refractivity contribution in [2.75, 3.05) is 6.54 Å². The lowest BCUT2D eigenvalue weighted by molar-refractivity contribution is 0.573. The maximum atomic E-state index is 3.74. The van der Waals surface area contributed by atoms with Crippen molar-refractivity contribution in [1.82, 2.24) is 5.32 Å². The lowest BCUT2D eigenvalue weighted by Crippen LogP contribution is -2.23. The van der Waals surface area contributed by atoms with Crippen molar-refractivity contribution in [2.45, 2.75) is 32.7 Å². The molecular formula is C7H16N. The van der Waals surface area contributed by atoms with Crippen LogP contribution in [-0.4, -0.2) is 12.6 Å². The van der Waals surface area contributed by atoms with Crippen molar-refractivity contribution < 1.29 is 0 Å². The number of rotatable bonds is 4. The number of hydrogen-bond donors (Lipinski definition) is 1. The first-order valence-electron chi connectivity index (χ1n) is 3.30. The molecule has 0 aliphatic rings. The Bertz CT molecular complexity index is 41.7. The molecule has 0 atom stereocenters. The molecule has 0 aliphatic heterocycles. The smallest absolute Gasteiger partial charge is 0.00103 e. The van der Waals surface area contributed by atoms with E-state index in [-0.39, 0.29) is 0 Å². The van der Waals surface area contributed by atoms with Gasteiger partial charge in [0.15, 0.2) is 0 Å². The summed E-state index contributed by atoms with van der Waals surface area (Å²) in [6, 6.07) is 0.626. The first kappa shape index (κ1) is 7.96. The van der Waals surface area contributed by atoms with Crippen LogP contribution in [0.1, 0.15) is 26.7 Å². The molecule has 0 heterocycles. The van der Waals surface area contributed by atoms with E-state index < -0.39 is 0 Å². The predicted molar refractivity (Wildman–Crippen MR) is 37.7 cm³/mol. The van der Waals surface area contributed by atoms with Crippen molar-refractivity contribution >= 4 is 0 Å². The van der Waals surface area contributed by atoms with E-state index in [9.17, 15) is 0 Å². The standard InChI is InChI=1S/C7H16N/c1-4-5-6-8-7(2)3/h7-8H,1,4-6H2,2-3H3. The predicted octanol–water partition coefficient (Wildman–Crippen LogP) is 1.60. The molecule has 0 unspecified atom stereocenters. The normalized spacial score (nSPS) is 10.5. The molecule has 1 heteroatoms. The van der Waals surface area contributed by atoms with E-state index in [0.29, 0.717) is 6.04 Å². The highest BCUT2D eigenvalue weighted by Crippen LogP contribution is 1.83. The van der Waals surface area contributed by atoms with Crippen molar-refractivity contribution in [3.8, 4) is 0 Å². The monoisotopic (exact) mass is 114 g/mol. The van der Waals surface area contributed by atoms with E-state index in [0.717, 1.165) is 13.0 Å². The summed E-state index contributed by atoms with van der Waals surface area (Å²) >= 11 is 0. The van der Waals surface area contributed by atoms with E-state index in [1.807, 2.05) is 0 Å². The van der Waals surface area contributed by atoms with Gasteiger partial charge in [-0.05, 0) is 13.0 Å². The van der Waals surface area contributed by atoms with Gasteiger partial charge >= 0.3 is 0 Å². The van der Waals surface area contributed by atoms with E-state index in [2.05, 4.69) is 26.1 Å². The fourth-order valence-corrected chi connectivity index (χ4v) is 0.516. The zero-order valence-corrected chi connectivity index (χ0v) is 5.91. The van der Waals surface area contributed by atoms with Crippen LogP contribution in [0.2, 0.25) is 0 Å². The Labute approximate surface area is 52.5 Å². The topological polar surface area (TPSA) is 12.0 Å². The fraction of sp³-hybridized carbons (Fsp3) is 0.857. The van der Waals surface area contributed by atoms with Gasteiger partial charge in [-0.1, -0.05) is 27.2 Å². The Morgan fingerprint density at radius 3 is 2.50 bits per heavy atom. The quantitative estimate of drug-likeness (QED) is 0.547. The third-order valence-electron chi connectivity index (χ3n) is 0.979. The Morgan fingerprint density at radius 2 is 2.12 bits per heavy atom. The van der Waals surface area contributed by atoms with Crippen molar-refractivity contribution in [3.63, 3.8) is 0 Å². The first-order chi connectivity index (χ1) is 3.77. The van der Waals surface area contributed by atoms with Gasteiger partial charge in [0.1, 0.15) is 0 Å². The summed E-state index contributed by atoms with van der Waals surface area (Å²) in [4.78, 5) is 0. The summed E-state index contributed by atoms with van der Waals surface area (Å²) in [5.41, 5.74) is 0. The van der Waals surface area contributed by atoms with Crippen LogP contribution in [0.15, 0.2) is 0 Å². The number of hydrogen-bond acceptors (Lipinski definition) is 1. The zero-order valence-electron chi connectivity index (χ0n) is 5.91. The van der Waals surface area contributed by atoms with E-state index in [4.69, 9.17) is 0 Å². The summed E-state index contributed by atoms with van der Waals surface area (Å²) in [5, 5.41) is 3.31. The van der Waals surface area contributed by atoms with Crippen LogP contribution in [0.3, 0.4) is 0 Å². The van der Waals surface area contributed by atoms with Crippen LogP contribution in [0.4, 0.5) is 0 Å². The van der Waals surface area contributed by atoms with Crippen LogP contribution in [0, 0.1) is 6.92 Å². The highest BCUT2D eigenvalue weighted by Gasteiger charge is 1.87. The van der Waals surface area contributed by atoms with Crippen molar-refractivity contribution in [2.24, 2.45) is 0 Å². The van der Waals surface area contributed by atoms with Gasteiger partial charge in [-0.3, -0.25) is 0 Å². The number of unbranched alkanes of at least 4 members (excludes halogenated alkanes) is 1. The second-order valence-electron chi connectivity index (χ2n) is 2.32. The average Bonchev–Trinajstić information content (AvgIpc) is 1.66. The summed E-state index contributed by atoms with van der Waals surface area (Å²) in [6.45, 7) is 9.17. The third-order valence-corrected chi connectivity index (χ3v) is 0.979. The SMILES string of the molecule is [CH2]CCCNC(C)C. The summed E-state index contributed by atoms with van der Waals surface area (Å²) in [7, 11) is 0. The van der Waals surface area contributed by atoms with Gasteiger partial charge in [0, 0.05) is 6.04 Å². The third kappa shape index (κ3) is 5.96. The van der Waals surface area contributed by atoms with Crippen molar-refractivity contribution in [1.29, 1.82) is 0 Å². The van der Waals surface area contributed by atoms with E-state index >= 15 is 0 Å². The molecule has 1 nitrogen and oxygen atoms in total. The lowest BCUT2D eigenvalue weighted by atomic mass is 10.3. The maximum absolute atomic E-state index is 3.74. The van der Waals surface area contributed by atoms with Crippen molar-refractivity contribution in [3.05, 3.63) is 6.92 Å². The molecule has 0 aromatic heterocycles. The Balaban J connectivity index is 2.72. The van der Waals surface area contributed by atoms with Crippen LogP contribution in [-0.2, 0) is 0 Å². The lowest BCUT2D eigenvalue weighted by Gasteiger charge is -2.04. The molecule has 0 aromatic rings. The molecule has 0 fully saturated rings. The molecule has 0 saturated carbocycles. The van der Waals surface area contributed by atoms with Gasteiger partial charge in [0.25, 0.3) is 0 Å². The zero-order chi connectivity index (χ0) is 6.41. The Morgan fingerprint density at radius 1 is 1.50 bits per heavy atom. The molecule has 0 rings (SSSR count). The summed E-state index contributed by atoms with van der Waals surface area (Å²) in [5.74, 6) is 0. The summed E-state index contributed by atoms with van der Waals surface area (Å²) in [6.07, 6.45) is 2.23. The maximum Gasteiger partial charge on any atom is 0.00103 e. The molecule has 0 amide bonds. The molecule has 0 aromatic carbocycles. The van der Waals surface area contributed by atoms with Crippen LogP contribution >= 0.6 is 0 Å². The van der Waals surface area contributed by atoms with Crippen LogP contribution in [0.25, 0.3) is 0 Å². The fourth-order valence-electron chi connectivity index (χ4n) is 0.516. The molecule has 49 valence electrons. The largest absolute Gasteiger partial charge is 0.315 e. The second kappa shape index (κ2) is 5.10. The molecular weight excluding hydrogens is 98.1 g/mol. The van der Waals surface area contributed by atoms with Gasteiger partial charge in [-0.2, -0.15) is 0 Å². The van der Waals surface area contributed by atoms with Gasteiger partial charge in [0.2, 0.25) is 0 Å². The van der Waals surface area contributed by atoms with Gasteiger partial charge < -0.3 is 5.32 Å². The minimum absolute atomic E-state index is 0.626. The van der Waals surface area contributed by atoms with E-state index in [1.54, 1.807) is 0 Å². The van der Waals surface area contributed by atoms with E-state index in [1.165, 1.54) is 6.42 Å². The molecule has 8 heavy (non-hydrogen) atoms. The number of nitrogens with one attached hydrogen (secondary N) is 1.